The molecule has 0 bridgehead atoms. The maximum Gasteiger partial charge on any atom is 0.309 e. The normalized spacial score (nSPS) is 16.6. The summed E-state index contributed by atoms with van der Waals surface area (Å²) < 4.78 is 12.9. The summed E-state index contributed by atoms with van der Waals surface area (Å²) in [5, 5.41) is 12.2. The summed E-state index contributed by atoms with van der Waals surface area (Å²) in [5.74, 6) is -0.0835. The Balaban J connectivity index is 3.27. The van der Waals surface area contributed by atoms with E-state index in [0.717, 1.165) is 35.5 Å². The third kappa shape index (κ3) is 12.5. The van der Waals surface area contributed by atoms with Gasteiger partial charge in [0, 0.05) is 23.8 Å². The number of esters is 1. The van der Waals surface area contributed by atoms with Gasteiger partial charge in [-0.15, -0.1) is 11.3 Å². The topological polar surface area (TPSA) is 85.7 Å². The van der Waals surface area contributed by atoms with Crippen LogP contribution < -0.4 is 0 Å². The fourth-order valence-corrected chi connectivity index (χ4v) is 6.94. The number of thiazole rings is 1. The highest BCUT2D eigenvalue weighted by molar-refractivity contribution is 9.10. The predicted molar refractivity (Wildman–Crippen MR) is 183 cm³/mol. The molecule has 0 saturated heterocycles. The van der Waals surface area contributed by atoms with E-state index < -0.39 is 25.9 Å². The molecule has 1 aromatic heterocycles. The monoisotopic (exact) mass is 685 g/mol. The minimum atomic E-state index is -2.31. The number of rotatable bonds is 17. The van der Waals surface area contributed by atoms with E-state index in [0.29, 0.717) is 12.3 Å². The van der Waals surface area contributed by atoms with E-state index in [-0.39, 0.29) is 34.6 Å². The van der Waals surface area contributed by atoms with Gasteiger partial charge in [-0.3, -0.25) is 9.59 Å². The Labute approximate surface area is 269 Å². The van der Waals surface area contributed by atoms with E-state index in [1.54, 1.807) is 11.3 Å². The second kappa shape index (κ2) is 16.8. The van der Waals surface area contributed by atoms with Crippen molar-refractivity contribution in [2.24, 2.45) is 11.3 Å². The number of carbonyl (C=O) groups is 2. The molecular weight excluding hydrogens is 630 g/mol. The zero-order chi connectivity index (χ0) is 32.5. The molecule has 42 heavy (non-hydrogen) atoms. The number of Topliss-reactive ketones (excluding diaryl/α,β-unsaturated/α-hetero) is 1. The first-order valence-electron chi connectivity index (χ1n) is 15.1. The van der Waals surface area contributed by atoms with E-state index in [2.05, 4.69) is 74.7 Å². The molecule has 1 aromatic rings. The predicted octanol–water partition coefficient (Wildman–Crippen LogP) is 9.06. The molecule has 0 aliphatic carbocycles. The van der Waals surface area contributed by atoms with Crippen LogP contribution in [0.15, 0.2) is 22.6 Å². The number of allylic oxidation sites excluding steroid dienone is 1. The van der Waals surface area contributed by atoms with E-state index in [4.69, 9.17) is 9.16 Å². The Bertz CT molecular complexity index is 1090. The van der Waals surface area contributed by atoms with Crippen molar-refractivity contribution in [2.75, 3.05) is 6.61 Å². The number of halogens is 1. The van der Waals surface area contributed by atoms with E-state index in [9.17, 15) is 14.7 Å². The lowest BCUT2D eigenvalue weighted by Gasteiger charge is -2.43. The number of aryl methyl sites for hydroxylation is 1. The van der Waals surface area contributed by atoms with Gasteiger partial charge >= 0.3 is 5.97 Å². The van der Waals surface area contributed by atoms with Crippen LogP contribution in [0.1, 0.15) is 105 Å². The van der Waals surface area contributed by atoms with Crippen molar-refractivity contribution in [1.29, 1.82) is 0 Å². The number of ketones is 1. The van der Waals surface area contributed by atoms with Gasteiger partial charge in [-0.25, -0.2) is 4.98 Å². The highest BCUT2D eigenvalue weighted by Gasteiger charge is 2.47. The van der Waals surface area contributed by atoms with Crippen molar-refractivity contribution in [3.05, 3.63) is 33.3 Å². The number of aliphatic hydroxyl groups excluding tert-OH is 1. The lowest BCUT2D eigenvalue weighted by atomic mass is 9.79. The fraction of sp³-hybridized carbons (Fsp3) is 0.727. The maximum atomic E-state index is 13.6. The molecule has 0 aromatic carbocycles. The van der Waals surface area contributed by atoms with Gasteiger partial charge in [-0.05, 0) is 82.7 Å². The Morgan fingerprint density at radius 2 is 1.79 bits per heavy atom. The maximum absolute atomic E-state index is 13.6. The van der Waals surface area contributed by atoms with Gasteiger partial charge in [0.05, 0.1) is 28.1 Å². The van der Waals surface area contributed by atoms with Crippen LogP contribution >= 0.6 is 27.3 Å². The Morgan fingerprint density at radius 3 is 2.29 bits per heavy atom. The Morgan fingerprint density at radius 1 is 1.17 bits per heavy atom. The zero-order valence-corrected chi connectivity index (χ0v) is 31.5. The minimum Gasteiger partial charge on any atom is -0.457 e. The molecule has 0 amide bonds. The molecule has 1 rings (SSSR count). The van der Waals surface area contributed by atoms with Gasteiger partial charge < -0.3 is 14.3 Å². The first-order valence-corrected chi connectivity index (χ1v) is 19.8. The smallest absolute Gasteiger partial charge is 0.309 e. The number of hydrogen-bond acceptors (Lipinski definition) is 7. The van der Waals surface area contributed by atoms with Crippen molar-refractivity contribution in [3.8, 4) is 0 Å². The average molecular weight is 687 g/mol. The van der Waals surface area contributed by atoms with E-state index in [1.807, 2.05) is 46.1 Å². The van der Waals surface area contributed by atoms with Crippen LogP contribution in [0.5, 0.6) is 0 Å². The molecule has 0 saturated carbocycles. The summed E-state index contributed by atoms with van der Waals surface area (Å²) in [6, 6.07) is 0. The third-order valence-electron chi connectivity index (χ3n) is 8.45. The van der Waals surface area contributed by atoms with Gasteiger partial charge in [0.1, 0.15) is 6.10 Å². The van der Waals surface area contributed by atoms with Crippen LogP contribution in [0, 0.1) is 18.3 Å². The van der Waals surface area contributed by atoms with Gasteiger partial charge in [0.2, 0.25) is 0 Å². The van der Waals surface area contributed by atoms with E-state index in [1.165, 1.54) is 5.57 Å². The molecule has 0 radical (unpaired) electrons. The highest BCUT2D eigenvalue weighted by atomic mass is 79.9. The molecule has 4 atom stereocenters. The second-order valence-electron chi connectivity index (χ2n) is 13.9. The van der Waals surface area contributed by atoms with Crippen LogP contribution in [-0.4, -0.2) is 53.8 Å². The van der Waals surface area contributed by atoms with Gasteiger partial charge in [-0.2, -0.15) is 0 Å². The summed E-state index contributed by atoms with van der Waals surface area (Å²) in [6.07, 6.45) is 6.50. The Hall–Kier alpha value is -1.13. The van der Waals surface area contributed by atoms with Gasteiger partial charge in [0.15, 0.2) is 14.1 Å². The summed E-state index contributed by atoms with van der Waals surface area (Å²) in [6.45, 7) is 24.6. The molecule has 1 unspecified atom stereocenters. The summed E-state index contributed by atoms with van der Waals surface area (Å²) in [5.41, 5.74) is 2.11. The van der Waals surface area contributed by atoms with Crippen molar-refractivity contribution in [2.45, 2.75) is 137 Å². The number of aromatic nitrogens is 1. The number of ether oxygens (including phenoxy) is 1. The molecule has 0 fully saturated rings. The van der Waals surface area contributed by atoms with Gasteiger partial charge in [0.25, 0.3) is 0 Å². The standard InChI is InChI=1S/C33H56BrNO5SSi/c1-22(14-13-15-23(2)20-36)16-17-28(24(3)18-27-21-41-26(5)35-27)39-30(37)19-29(33(9,10)31(38)25(4)34)40-42(11,12)32(6,7)8/h16,18,21,23,25,28-29,36H,13-15,17,19-20H2,1-12H3/b22-16-,24-18+/t23-,25?,28-,29-/m0/s1. The molecular formula is C33H56BrNO5SSi. The Kier molecular flexibility index (Phi) is 15.6. The molecule has 0 spiro atoms. The molecule has 0 aliphatic rings. The second-order valence-corrected chi connectivity index (χ2v) is 21.1. The molecule has 6 nitrogen and oxygen atoms in total. The van der Waals surface area contributed by atoms with Crippen LogP contribution in [-0.2, 0) is 18.8 Å². The summed E-state index contributed by atoms with van der Waals surface area (Å²) in [7, 11) is -2.31. The lowest BCUT2D eigenvalue weighted by Crippen LogP contribution is -2.51. The van der Waals surface area contributed by atoms with Crippen LogP contribution in [0.2, 0.25) is 18.1 Å². The van der Waals surface area contributed by atoms with Crippen LogP contribution in [0.25, 0.3) is 6.08 Å². The average Bonchev–Trinajstić information content (AvgIpc) is 3.28. The number of nitrogens with zero attached hydrogens (tertiary/aromatic N) is 1. The largest absolute Gasteiger partial charge is 0.457 e. The minimum absolute atomic E-state index is 0.000359. The molecule has 1 heterocycles. The van der Waals surface area contributed by atoms with Crippen molar-refractivity contribution in [3.63, 3.8) is 0 Å². The number of carbonyl (C=O) groups excluding carboxylic acids is 2. The van der Waals surface area contributed by atoms with E-state index >= 15 is 0 Å². The van der Waals surface area contributed by atoms with Crippen LogP contribution in [0.3, 0.4) is 0 Å². The quantitative estimate of drug-likeness (QED) is 0.0762. The molecule has 1 N–H and O–H groups in total. The lowest BCUT2D eigenvalue weighted by molar-refractivity contribution is -0.152. The first-order chi connectivity index (χ1) is 19.2. The SMILES string of the molecule is C/C(=C/C[C@H](OC(=O)C[C@H](O[Si](C)(C)C(C)(C)C)C(C)(C)C(=O)C(C)Br)/C(C)=C/c1csc(C)n1)CCC[C@H](C)CO. The van der Waals surface area contributed by atoms with Crippen LogP contribution in [0.4, 0.5) is 0 Å². The third-order valence-corrected chi connectivity index (χ3v) is 14.1. The molecule has 240 valence electrons. The molecule has 9 heteroatoms. The highest BCUT2D eigenvalue weighted by Crippen LogP contribution is 2.41. The number of aliphatic hydroxyl groups is 1. The number of alkyl halides is 1. The number of hydrogen-bond donors (Lipinski definition) is 1. The zero-order valence-electron chi connectivity index (χ0n) is 28.1. The van der Waals surface area contributed by atoms with Crippen molar-refractivity contribution in [1.82, 2.24) is 4.98 Å². The summed E-state index contributed by atoms with van der Waals surface area (Å²) in [4.78, 5) is 31.1. The molecule has 0 aliphatic heterocycles. The summed E-state index contributed by atoms with van der Waals surface area (Å²) >= 11 is 5.03. The first kappa shape index (κ1) is 38.9. The van der Waals surface area contributed by atoms with Gasteiger partial charge in [-0.1, -0.05) is 69.1 Å². The van der Waals surface area contributed by atoms with Crippen molar-refractivity contribution < 1.29 is 23.9 Å². The fourth-order valence-electron chi connectivity index (χ4n) is 4.34. The van der Waals surface area contributed by atoms with Crippen molar-refractivity contribution >= 4 is 53.4 Å².